The summed E-state index contributed by atoms with van der Waals surface area (Å²) in [7, 11) is -0.794. The van der Waals surface area contributed by atoms with E-state index in [2.05, 4.69) is 15.6 Å². The number of sulfonamides is 1. The van der Waals surface area contributed by atoms with Gasteiger partial charge in [0.05, 0.1) is 25.7 Å². The summed E-state index contributed by atoms with van der Waals surface area (Å²) < 4.78 is 36.5. The molecule has 10 heteroatoms. The average molecular weight is 419 g/mol. The summed E-state index contributed by atoms with van der Waals surface area (Å²) in [5.41, 5.74) is 4.94. The lowest BCUT2D eigenvalue weighted by atomic mass is 10.2. The SMILES string of the molecule is COc1cc(/C=C/C(=O)NNC(=O)CNS(=O)(=O)c2ccccc2)cc(OC)c1. The molecular formula is C19H21N3O6S. The minimum Gasteiger partial charge on any atom is -0.497 e. The van der Waals surface area contributed by atoms with Crippen LogP contribution in [-0.4, -0.2) is 41.0 Å². The first-order valence-corrected chi connectivity index (χ1v) is 9.87. The Morgan fingerprint density at radius 3 is 2.17 bits per heavy atom. The topological polar surface area (TPSA) is 123 Å². The van der Waals surface area contributed by atoms with E-state index in [1.807, 2.05) is 0 Å². The molecule has 3 N–H and O–H groups in total. The molecule has 0 fully saturated rings. The first-order valence-electron chi connectivity index (χ1n) is 8.39. The molecule has 9 nitrogen and oxygen atoms in total. The molecule has 2 amide bonds. The van der Waals surface area contributed by atoms with Gasteiger partial charge in [-0.15, -0.1) is 0 Å². The molecule has 2 aromatic carbocycles. The van der Waals surface area contributed by atoms with Gasteiger partial charge in [0.25, 0.3) is 11.8 Å². The summed E-state index contributed by atoms with van der Waals surface area (Å²) in [5.74, 6) is -0.216. The molecular weight excluding hydrogens is 398 g/mol. The van der Waals surface area contributed by atoms with Crippen LogP contribution in [0.4, 0.5) is 0 Å². The summed E-state index contributed by atoms with van der Waals surface area (Å²) in [5, 5.41) is 0. The number of carbonyl (C=O) groups excluding carboxylic acids is 2. The monoisotopic (exact) mass is 419 g/mol. The van der Waals surface area contributed by atoms with Crippen molar-refractivity contribution in [3.8, 4) is 11.5 Å². The highest BCUT2D eigenvalue weighted by atomic mass is 32.2. The molecule has 0 aliphatic heterocycles. The standard InChI is InChI=1S/C19H21N3O6S/c1-27-15-10-14(11-16(12-15)28-2)8-9-18(23)21-22-19(24)13-20-29(25,26)17-6-4-3-5-7-17/h3-12,20H,13H2,1-2H3,(H,21,23)(H,22,24)/b9-8+. The van der Waals surface area contributed by atoms with Gasteiger partial charge in [0.2, 0.25) is 10.0 Å². The molecule has 0 aliphatic rings. The fourth-order valence-electron chi connectivity index (χ4n) is 2.16. The fourth-order valence-corrected chi connectivity index (χ4v) is 3.16. The van der Waals surface area contributed by atoms with Crippen molar-refractivity contribution in [2.45, 2.75) is 4.90 Å². The normalized spacial score (nSPS) is 11.1. The molecule has 29 heavy (non-hydrogen) atoms. The Bertz CT molecular complexity index is 968. The second-order valence-electron chi connectivity index (χ2n) is 5.65. The molecule has 0 aromatic heterocycles. The van der Waals surface area contributed by atoms with Gasteiger partial charge < -0.3 is 9.47 Å². The minimum absolute atomic E-state index is 0.0356. The van der Waals surface area contributed by atoms with Gasteiger partial charge in [0.1, 0.15) is 11.5 Å². The van der Waals surface area contributed by atoms with E-state index in [1.54, 1.807) is 36.4 Å². The van der Waals surface area contributed by atoms with E-state index in [1.165, 1.54) is 38.5 Å². The minimum atomic E-state index is -3.81. The number of hydrazine groups is 1. The third-order valence-corrected chi connectivity index (χ3v) is 5.02. The highest BCUT2D eigenvalue weighted by Crippen LogP contribution is 2.23. The van der Waals surface area contributed by atoms with E-state index >= 15 is 0 Å². The van der Waals surface area contributed by atoms with Gasteiger partial charge in [-0.2, -0.15) is 0 Å². The number of hydrogen-bond donors (Lipinski definition) is 3. The van der Waals surface area contributed by atoms with Crippen molar-refractivity contribution in [1.82, 2.24) is 15.6 Å². The summed E-state index contributed by atoms with van der Waals surface area (Å²) >= 11 is 0. The highest BCUT2D eigenvalue weighted by molar-refractivity contribution is 7.89. The van der Waals surface area contributed by atoms with Crippen molar-refractivity contribution in [2.75, 3.05) is 20.8 Å². The van der Waals surface area contributed by atoms with Crippen LogP contribution in [0.2, 0.25) is 0 Å². The van der Waals surface area contributed by atoms with Crippen LogP contribution in [0.3, 0.4) is 0 Å². The molecule has 0 saturated carbocycles. The van der Waals surface area contributed by atoms with Gasteiger partial charge in [-0.05, 0) is 35.9 Å². The lowest BCUT2D eigenvalue weighted by Crippen LogP contribution is -2.45. The third-order valence-electron chi connectivity index (χ3n) is 3.60. The lowest BCUT2D eigenvalue weighted by molar-refractivity contribution is -0.125. The van der Waals surface area contributed by atoms with Crippen molar-refractivity contribution in [3.05, 3.63) is 60.2 Å². The number of hydrogen-bond acceptors (Lipinski definition) is 6. The Hall–Kier alpha value is -3.37. The van der Waals surface area contributed by atoms with Crippen molar-refractivity contribution in [1.29, 1.82) is 0 Å². The number of rotatable bonds is 8. The predicted octanol–water partition coefficient (Wildman–Crippen LogP) is 0.843. The number of benzene rings is 2. The van der Waals surface area contributed by atoms with E-state index in [0.717, 1.165) is 0 Å². The van der Waals surface area contributed by atoms with E-state index in [9.17, 15) is 18.0 Å². The van der Waals surface area contributed by atoms with Crippen LogP contribution in [-0.2, 0) is 19.6 Å². The first kappa shape index (κ1) is 21.9. The van der Waals surface area contributed by atoms with Gasteiger partial charge in [-0.25, -0.2) is 13.1 Å². The molecule has 0 atom stereocenters. The van der Waals surface area contributed by atoms with Gasteiger partial charge in [-0.3, -0.25) is 20.4 Å². The number of nitrogens with one attached hydrogen (secondary N) is 3. The first-order chi connectivity index (χ1) is 13.8. The zero-order valence-electron chi connectivity index (χ0n) is 15.8. The number of amides is 2. The lowest BCUT2D eigenvalue weighted by Gasteiger charge is -2.08. The van der Waals surface area contributed by atoms with Gasteiger partial charge in [0, 0.05) is 12.1 Å². The van der Waals surface area contributed by atoms with Gasteiger partial charge >= 0.3 is 0 Å². The summed E-state index contributed by atoms with van der Waals surface area (Å²) in [6.45, 7) is -0.533. The quantitative estimate of drug-likeness (QED) is 0.431. The number of ether oxygens (including phenoxy) is 2. The molecule has 0 spiro atoms. The van der Waals surface area contributed by atoms with Crippen LogP contribution >= 0.6 is 0 Å². The molecule has 2 rings (SSSR count). The van der Waals surface area contributed by atoms with Crippen LogP contribution in [0.5, 0.6) is 11.5 Å². The maximum absolute atomic E-state index is 12.0. The van der Waals surface area contributed by atoms with Crippen molar-refractivity contribution < 1.29 is 27.5 Å². The predicted molar refractivity (Wildman–Crippen MR) is 106 cm³/mol. The van der Waals surface area contributed by atoms with Gasteiger partial charge in [0.15, 0.2) is 0 Å². The van der Waals surface area contributed by atoms with Crippen LogP contribution in [0.1, 0.15) is 5.56 Å². The zero-order chi connectivity index (χ0) is 21.3. The van der Waals surface area contributed by atoms with Crippen molar-refractivity contribution in [3.63, 3.8) is 0 Å². The van der Waals surface area contributed by atoms with E-state index in [0.29, 0.717) is 17.1 Å². The third kappa shape index (κ3) is 6.94. The second kappa shape index (κ2) is 10.2. The Morgan fingerprint density at radius 2 is 1.59 bits per heavy atom. The van der Waals surface area contributed by atoms with Crippen molar-refractivity contribution >= 4 is 27.9 Å². The zero-order valence-corrected chi connectivity index (χ0v) is 16.7. The van der Waals surface area contributed by atoms with E-state index in [4.69, 9.17) is 9.47 Å². The van der Waals surface area contributed by atoms with Gasteiger partial charge in [-0.1, -0.05) is 18.2 Å². The Balaban J connectivity index is 1.84. The number of carbonyl (C=O) groups is 2. The molecule has 0 radical (unpaired) electrons. The molecule has 0 unspecified atom stereocenters. The smallest absolute Gasteiger partial charge is 0.262 e. The number of methoxy groups -OCH3 is 2. The van der Waals surface area contributed by atoms with E-state index < -0.39 is 28.4 Å². The largest absolute Gasteiger partial charge is 0.497 e. The Labute approximate surface area is 168 Å². The molecule has 154 valence electrons. The molecule has 2 aromatic rings. The molecule has 0 bridgehead atoms. The van der Waals surface area contributed by atoms with Crippen LogP contribution in [0, 0.1) is 0 Å². The molecule has 0 aliphatic carbocycles. The van der Waals surface area contributed by atoms with Crippen LogP contribution in [0.15, 0.2) is 59.5 Å². The van der Waals surface area contributed by atoms with E-state index in [-0.39, 0.29) is 4.90 Å². The summed E-state index contributed by atoms with van der Waals surface area (Å²) in [4.78, 5) is 23.6. The second-order valence-corrected chi connectivity index (χ2v) is 7.42. The molecule has 0 heterocycles. The van der Waals surface area contributed by atoms with Crippen molar-refractivity contribution in [2.24, 2.45) is 0 Å². The highest BCUT2D eigenvalue weighted by Gasteiger charge is 2.14. The fraction of sp³-hybridized carbons (Fsp3) is 0.158. The summed E-state index contributed by atoms with van der Waals surface area (Å²) in [6, 6.07) is 12.7. The summed E-state index contributed by atoms with van der Waals surface area (Å²) in [6.07, 6.45) is 2.70. The Kier molecular flexibility index (Phi) is 7.75. The van der Waals surface area contributed by atoms with Crippen LogP contribution in [0.25, 0.3) is 6.08 Å². The average Bonchev–Trinajstić information content (AvgIpc) is 2.75. The van der Waals surface area contributed by atoms with Crippen LogP contribution < -0.4 is 25.0 Å². The Morgan fingerprint density at radius 1 is 0.966 bits per heavy atom. The molecule has 0 saturated heterocycles. The maximum atomic E-state index is 12.0. The maximum Gasteiger partial charge on any atom is 0.262 e.